The molecule has 1 N–H and O–H groups in total. The Morgan fingerprint density at radius 2 is 2.21 bits per heavy atom. The summed E-state index contributed by atoms with van der Waals surface area (Å²) in [6.45, 7) is 3.74. The fraction of sp³-hybridized carbons (Fsp3) is 0.222. The second-order valence-electron chi connectivity index (χ2n) is 5.19. The third-order valence-electron chi connectivity index (χ3n) is 3.72. The molecule has 24 heavy (non-hydrogen) atoms. The summed E-state index contributed by atoms with van der Waals surface area (Å²) in [4.78, 5) is 16.0. The van der Waals surface area contributed by atoms with Gasteiger partial charge >= 0.3 is 0 Å². The number of hydrogen-bond donors (Lipinski definition) is 1. The number of hydrogen-bond acceptors (Lipinski definition) is 5. The first kappa shape index (κ1) is 16.4. The van der Waals surface area contributed by atoms with Crippen LogP contribution in [0.15, 0.2) is 43.1 Å². The molecule has 1 aliphatic heterocycles. The molecule has 6 heteroatoms. The van der Waals surface area contributed by atoms with Gasteiger partial charge in [-0.3, -0.25) is 4.79 Å². The highest BCUT2D eigenvalue weighted by Gasteiger charge is 2.17. The monoisotopic (exact) mass is 342 g/mol. The molecule has 2 heterocycles. The summed E-state index contributed by atoms with van der Waals surface area (Å²) in [5.74, 6) is 2.72. The molecule has 0 aliphatic carbocycles. The SMILES string of the molecule is C=CC(=O)Nc1nccc(-c2ccc3c(c2)OCO3)c1CCSC. The number of thioether (sulfide) groups is 1. The zero-order valence-corrected chi connectivity index (χ0v) is 14.2. The van der Waals surface area contributed by atoms with Crippen molar-refractivity contribution in [3.05, 3.63) is 48.7 Å². The summed E-state index contributed by atoms with van der Waals surface area (Å²) in [5.41, 5.74) is 3.03. The molecule has 0 saturated carbocycles. The van der Waals surface area contributed by atoms with Crippen molar-refractivity contribution < 1.29 is 14.3 Å². The van der Waals surface area contributed by atoms with E-state index in [1.165, 1.54) is 6.08 Å². The number of carbonyl (C=O) groups excluding carboxylic acids is 1. The van der Waals surface area contributed by atoms with Gasteiger partial charge in [-0.25, -0.2) is 4.98 Å². The minimum absolute atomic E-state index is 0.245. The van der Waals surface area contributed by atoms with Crippen LogP contribution in [0.4, 0.5) is 5.82 Å². The molecule has 1 aromatic heterocycles. The largest absolute Gasteiger partial charge is 0.454 e. The Kier molecular flexibility index (Phi) is 5.05. The van der Waals surface area contributed by atoms with Gasteiger partial charge in [0.15, 0.2) is 11.5 Å². The predicted octanol–water partition coefficient (Wildman–Crippen LogP) is 3.51. The molecule has 0 unspecified atom stereocenters. The van der Waals surface area contributed by atoms with Gasteiger partial charge < -0.3 is 14.8 Å². The maximum Gasteiger partial charge on any atom is 0.248 e. The minimum atomic E-state index is -0.268. The van der Waals surface area contributed by atoms with E-state index in [2.05, 4.69) is 23.1 Å². The Labute approximate surface area is 145 Å². The predicted molar refractivity (Wildman–Crippen MR) is 96.7 cm³/mol. The molecule has 1 aromatic carbocycles. The van der Waals surface area contributed by atoms with E-state index < -0.39 is 0 Å². The number of ether oxygens (including phenoxy) is 2. The molecule has 5 nitrogen and oxygen atoms in total. The highest BCUT2D eigenvalue weighted by Crippen LogP contribution is 2.38. The molecule has 3 rings (SSSR count). The molecule has 0 radical (unpaired) electrons. The number of aromatic nitrogens is 1. The number of nitrogens with zero attached hydrogens (tertiary/aromatic N) is 1. The Bertz CT molecular complexity index is 777. The van der Waals surface area contributed by atoms with Crippen LogP contribution in [-0.4, -0.2) is 29.7 Å². The third-order valence-corrected chi connectivity index (χ3v) is 4.33. The van der Waals surface area contributed by atoms with Crippen LogP contribution in [0.2, 0.25) is 0 Å². The van der Waals surface area contributed by atoms with Gasteiger partial charge in [0.1, 0.15) is 5.82 Å². The molecule has 0 spiro atoms. The summed E-state index contributed by atoms with van der Waals surface area (Å²) in [7, 11) is 0. The van der Waals surface area contributed by atoms with Crippen LogP contribution in [0, 0.1) is 0 Å². The van der Waals surface area contributed by atoms with Crippen molar-refractivity contribution in [3.63, 3.8) is 0 Å². The van der Waals surface area contributed by atoms with Crippen LogP contribution >= 0.6 is 11.8 Å². The molecule has 0 atom stereocenters. The van der Waals surface area contributed by atoms with Gasteiger partial charge in [-0.05, 0) is 53.8 Å². The molecule has 0 bridgehead atoms. The zero-order valence-electron chi connectivity index (χ0n) is 13.4. The fourth-order valence-corrected chi connectivity index (χ4v) is 2.97. The van der Waals surface area contributed by atoms with E-state index in [0.717, 1.165) is 40.4 Å². The first-order valence-corrected chi connectivity index (χ1v) is 8.92. The summed E-state index contributed by atoms with van der Waals surface area (Å²) in [5, 5.41) is 2.80. The van der Waals surface area contributed by atoms with E-state index in [9.17, 15) is 4.79 Å². The van der Waals surface area contributed by atoms with Gasteiger partial charge in [0.05, 0.1) is 0 Å². The van der Waals surface area contributed by atoms with Crippen molar-refractivity contribution in [1.82, 2.24) is 4.98 Å². The summed E-state index contributed by atoms with van der Waals surface area (Å²) in [6, 6.07) is 7.80. The zero-order chi connectivity index (χ0) is 16.9. The number of nitrogens with one attached hydrogen (secondary N) is 1. The van der Waals surface area contributed by atoms with Crippen molar-refractivity contribution in [2.75, 3.05) is 24.1 Å². The first-order valence-electron chi connectivity index (χ1n) is 7.53. The van der Waals surface area contributed by atoms with Gasteiger partial charge in [0.2, 0.25) is 12.7 Å². The lowest BCUT2D eigenvalue weighted by Crippen LogP contribution is -2.12. The maximum atomic E-state index is 11.7. The normalized spacial score (nSPS) is 12.0. The average Bonchev–Trinajstić information content (AvgIpc) is 3.08. The van der Waals surface area contributed by atoms with Gasteiger partial charge in [0.25, 0.3) is 0 Å². The Morgan fingerprint density at radius 1 is 1.38 bits per heavy atom. The van der Waals surface area contributed by atoms with E-state index in [-0.39, 0.29) is 12.7 Å². The summed E-state index contributed by atoms with van der Waals surface area (Å²) >= 11 is 1.75. The number of carbonyl (C=O) groups is 1. The topological polar surface area (TPSA) is 60.5 Å². The third kappa shape index (κ3) is 3.38. The molecule has 124 valence electrons. The van der Waals surface area contributed by atoms with Crippen LogP contribution in [0.5, 0.6) is 11.5 Å². The Hall–Kier alpha value is -2.47. The van der Waals surface area contributed by atoms with Gasteiger partial charge in [0, 0.05) is 11.8 Å². The molecular weight excluding hydrogens is 324 g/mol. The van der Waals surface area contributed by atoms with Crippen LogP contribution < -0.4 is 14.8 Å². The van der Waals surface area contributed by atoms with Crippen molar-refractivity contribution >= 4 is 23.5 Å². The molecule has 1 aliphatic rings. The quantitative estimate of drug-likeness (QED) is 0.814. The number of amides is 1. The maximum absolute atomic E-state index is 11.7. The number of benzene rings is 1. The lowest BCUT2D eigenvalue weighted by Gasteiger charge is -2.14. The van der Waals surface area contributed by atoms with Crippen molar-refractivity contribution in [2.45, 2.75) is 6.42 Å². The van der Waals surface area contributed by atoms with Crippen LogP contribution in [0.25, 0.3) is 11.1 Å². The highest BCUT2D eigenvalue weighted by atomic mass is 32.2. The molecule has 0 saturated heterocycles. The second kappa shape index (κ2) is 7.40. The minimum Gasteiger partial charge on any atom is -0.454 e. The number of anilines is 1. The van der Waals surface area contributed by atoms with E-state index in [0.29, 0.717) is 5.82 Å². The fourth-order valence-electron chi connectivity index (χ4n) is 2.56. The number of pyridine rings is 1. The molecule has 1 amide bonds. The Morgan fingerprint density at radius 3 is 3.00 bits per heavy atom. The van der Waals surface area contributed by atoms with Gasteiger partial charge in [-0.2, -0.15) is 11.8 Å². The summed E-state index contributed by atoms with van der Waals surface area (Å²) in [6.07, 6.45) is 5.79. The molecular formula is C18H18N2O3S. The smallest absolute Gasteiger partial charge is 0.248 e. The lowest BCUT2D eigenvalue weighted by atomic mass is 9.98. The number of rotatable bonds is 6. The van der Waals surface area contributed by atoms with Crippen LogP contribution in [0.3, 0.4) is 0 Å². The summed E-state index contributed by atoms with van der Waals surface area (Å²) < 4.78 is 10.8. The second-order valence-corrected chi connectivity index (χ2v) is 6.18. The Balaban J connectivity index is 2.03. The highest BCUT2D eigenvalue weighted by molar-refractivity contribution is 7.98. The average molecular weight is 342 g/mol. The lowest BCUT2D eigenvalue weighted by molar-refractivity contribution is -0.111. The molecule has 2 aromatic rings. The van der Waals surface area contributed by atoms with Crippen molar-refractivity contribution in [3.8, 4) is 22.6 Å². The van der Waals surface area contributed by atoms with Crippen molar-refractivity contribution in [2.24, 2.45) is 0 Å². The molecule has 0 fully saturated rings. The van der Waals surface area contributed by atoms with E-state index in [4.69, 9.17) is 9.47 Å². The van der Waals surface area contributed by atoms with E-state index in [1.807, 2.05) is 24.3 Å². The van der Waals surface area contributed by atoms with Gasteiger partial charge in [-0.1, -0.05) is 12.6 Å². The number of fused-ring (bicyclic) bond motifs is 1. The van der Waals surface area contributed by atoms with Crippen LogP contribution in [-0.2, 0) is 11.2 Å². The van der Waals surface area contributed by atoms with Crippen molar-refractivity contribution in [1.29, 1.82) is 0 Å². The standard InChI is InChI=1S/C18H18N2O3S/c1-3-17(21)20-18-14(7-9-24-2)13(6-8-19-18)12-4-5-15-16(10-12)23-11-22-15/h3-6,8,10H,1,7,9,11H2,2H3,(H,19,20,21). The van der Waals surface area contributed by atoms with E-state index >= 15 is 0 Å². The van der Waals surface area contributed by atoms with Gasteiger partial charge in [-0.15, -0.1) is 0 Å². The van der Waals surface area contributed by atoms with E-state index in [1.54, 1.807) is 18.0 Å². The first-order chi connectivity index (χ1) is 11.7. The van der Waals surface area contributed by atoms with Crippen LogP contribution in [0.1, 0.15) is 5.56 Å².